The van der Waals surface area contributed by atoms with Gasteiger partial charge in [0.25, 0.3) is 0 Å². The number of allylic oxidation sites excluding steroid dienone is 2. The Bertz CT molecular complexity index is 838. The van der Waals surface area contributed by atoms with Crippen molar-refractivity contribution in [3.05, 3.63) is 37.1 Å². The van der Waals surface area contributed by atoms with Gasteiger partial charge >= 0.3 is 0 Å². The Kier molecular flexibility index (Phi) is 15.6. The fourth-order valence-corrected chi connectivity index (χ4v) is 4.84. The topological polar surface area (TPSA) is 97.1 Å². The lowest BCUT2D eigenvalue weighted by Gasteiger charge is -2.34. The van der Waals surface area contributed by atoms with Crippen LogP contribution >= 0.6 is 0 Å². The summed E-state index contributed by atoms with van der Waals surface area (Å²) in [6.07, 6.45) is 7.73. The van der Waals surface area contributed by atoms with Crippen molar-refractivity contribution in [3.63, 3.8) is 0 Å². The van der Waals surface area contributed by atoms with E-state index in [1.54, 1.807) is 38.3 Å². The Balaban J connectivity index is 0.000000923. The molecule has 1 aromatic rings. The van der Waals surface area contributed by atoms with Gasteiger partial charge in [-0.3, -0.25) is 9.59 Å². The average Bonchev–Trinajstić information content (AvgIpc) is 3.60. The van der Waals surface area contributed by atoms with Crippen LogP contribution in [0.2, 0.25) is 0 Å². The van der Waals surface area contributed by atoms with Crippen LogP contribution in [0.4, 0.5) is 5.82 Å². The number of likely N-dealkylation sites (tertiary alicyclic amines) is 1. The molecule has 1 aromatic heterocycles. The van der Waals surface area contributed by atoms with Gasteiger partial charge in [-0.15, -0.1) is 0 Å². The smallest absolute Gasteiger partial charge is 0.242 e. The molecule has 2 aliphatic rings. The van der Waals surface area contributed by atoms with Crippen molar-refractivity contribution < 1.29 is 23.6 Å². The highest BCUT2D eigenvalue weighted by molar-refractivity contribution is 5.91. The zero-order chi connectivity index (χ0) is 28.7. The van der Waals surface area contributed by atoms with Crippen LogP contribution in [-0.2, 0) is 19.1 Å². The first-order valence-electron chi connectivity index (χ1n) is 13.8. The minimum Gasteiger partial charge on any atom is -0.358 e. The maximum absolute atomic E-state index is 13.4. The van der Waals surface area contributed by atoms with Crippen molar-refractivity contribution >= 4 is 17.6 Å². The van der Waals surface area contributed by atoms with Crippen molar-refractivity contribution in [2.75, 3.05) is 45.8 Å². The number of rotatable bonds is 9. The zero-order valence-electron chi connectivity index (χ0n) is 24.6. The third-order valence-corrected chi connectivity index (χ3v) is 6.72. The standard InChI is InChI=1S/C22H36N4O5.C4H6.C3H8/c1-14(2)19(21(28)26-10-6-7-16(26)20(27)23-3)17-13-18(24-31-17)25-11-8-15(9-12-25)22(29-4)30-5;1-3-4-2;1-3-2/h13-16,19,22H,6-12H2,1-5H3,(H,23,27);3-4H,1-2H2;3H2,1-2H3. The van der Waals surface area contributed by atoms with Crippen LogP contribution in [0.15, 0.2) is 35.9 Å². The predicted octanol–water partition coefficient (Wildman–Crippen LogP) is 4.76. The summed E-state index contributed by atoms with van der Waals surface area (Å²) < 4.78 is 16.5. The molecule has 0 aliphatic carbocycles. The fraction of sp³-hybridized carbons (Fsp3) is 0.690. The van der Waals surface area contributed by atoms with E-state index in [1.807, 2.05) is 19.9 Å². The lowest BCUT2D eigenvalue weighted by molar-refractivity contribution is -0.141. The second kappa shape index (κ2) is 17.8. The molecular weight excluding hydrogens is 484 g/mol. The Morgan fingerprint density at radius 3 is 2.18 bits per heavy atom. The Morgan fingerprint density at radius 1 is 1.13 bits per heavy atom. The van der Waals surface area contributed by atoms with Gasteiger partial charge in [0.05, 0.1) is 0 Å². The number of carbonyl (C=O) groups is 2. The van der Waals surface area contributed by atoms with E-state index < -0.39 is 12.0 Å². The van der Waals surface area contributed by atoms with Gasteiger partial charge in [0, 0.05) is 52.9 Å². The van der Waals surface area contributed by atoms with Crippen molar-refractivity contribution in [2.24, 2.45) is 11.8 Å². The largest absolute Gasteiger partial charge is 0.358 e. The molecule has 216 valence electrons. The lowest BCUT2D eigenvalue weighted by Crippen LogP contribution is -2.47. The summed E-state index contributed by atoms with van der Waals surface area (Å²) in [5.41, 5.74) is 0. The minimum atomic E-state index is -0.463. The molecule has 2 aliphatic heterocycles. The number of amides is 2. The third kappa shape index (κ3) is 9.27. The summed E-state index contributed by atoms with van der Waals surface area (Å²) in [5.74, 6) is 1.04. The van der Waals surface area contributed by atoms with E-state index in [0.29, 0.717) is 24.6 Å². The molecule has 2 saturated heterocycles. The second-order valence-corrected chi connectivity index (χ2v) is 9.96. The molecule has 1 N–H and O–H groups in total. The SMILES string of the molecule is C=CC=C.CCC.CNC(=O)C1CCCN1C(=O)C(c1cc(N2CCC(C(OC)OC)CC2)no1)C(C)C. The quantitative estimate of drug-likeness (QED) is 0.360. The van der Waals surface area contributed by atoms with Gasteiger partial charge in [-0.25, -0.2) is 0 Å². The highest BCUT2D eigenvalue weighted by atomic mass is 16.7. The maximum atomic E-state index is 13.4. The van der Waals surface area contributed by atoms with E-state index in [-0.39, 0.29) is 24.0 Å². The van der Waals surface area contributed by atoms with Crippen LogP contribution in [0.5, 0.6) is 0 Å². The maximum Gasteiger partial charge on any atom is 0.242 e. The molecule has 0 radical (unpaired) electrons. The van der Waals surface area contributed by atoms with E-state index >= 15 is 0 Å². The molecule has 0 aromatic carbocycles. The van der Waals surface area contributed by atoms with E-state index in [9.17, 15) is 9.59 Å². The zero-order valence-corrected chi connectivity index (χ0v) is 24.6. The molecule has 3 heterocycles. The molecule has 9 heteroatoms. The predicted molar refractivity (Wildman–Crippen MR) is 152 cm³/mol. The average molecular weight is 535 g/mol. The van der Waals surface area contributed by atoms with Crippen LogP contribution in [0.25, 0.3) is 0 Å². The van der Waals surface area contributed by atoms with Crippen molar-refractivity contribution in [2.45, 2.75) is 78.0 Å². The number of piperidine rings is 1. The number of nitrogens with zero attached hydrogens (tertiary/aromatic N) is 3. The number of hydrogen-bond donors (Lipinski definition) is 1. The minimum absolute atomic E-state index is 0.0224. The monoisotopic (exact) mass is 534 g/mol. The van der Waals surface area contributed by atoms with Gasteiger partial charge < -0.3 is 29.1 Å². The number of hydrogen-bond acceptors (Lipinski definition) is 7. The lowest BCUT2D eigenvalue weighted by atomic mass is 9.91. The number of likely N-dealkylation sites (N-methyl/N-ethyl adjacent to an activating group) is 1. The third-order valence-electron chi connectivity index (χ3n) is 6.72. The molecule has 38 heavy (non-hydrogen) atoms. The number of nitrogens with one attached hydrogen (secondary N) is 1. The molecule has 2 fully saturated rings. The van der Waals surface area contributed by atoms with Gasteiger partial charge in [0.15, 0.2) is 17.9 Å². The molecule has 0 bridgehead atoms. The second-order valence-electron chi connectivity index (χ2n) is 9.96. The summed E-state index contributed by atoms with van der Waals surface area (Å²) in [6.45, 7) is 17.2. The van der Waals surface area contributed by atoms with Crippen LogP contribution in [-0.4, -0.2) is 75.1 Å². The number of anilines is 1. The molecule has 0 spiro atoms. The van der Waals surface area contributed by atoms with Crippen molar-refractivity contribution in [1.29, 1.82) is 0 Å². The first kappa shape index (κ1) is 33.4. The number of aromatic nitrogens is 1. The Labute approximate surface area is 229 Å². The molecule has 9 nitrogen and oxygen atoms in total. The van der Waals surface area contributed by atoms with Crippen LogP contribution in [0, 0.1) is 11.8 Å². The first-order chi connectivity index (χ1) is 18.2. The van der Waals surface area contributed by atoms with E-state index in [4.69, 9.17) is 14.0 Å². The van der Waals surface area contributed by atoms with E-state index in [0.717, 1.165) is 38.2 Å². The molecule has 0 saturated carbocycles. The molecule has 2 unspecified atom stereocenters. The van der Waals surface area contributed by atoms with Gasteiger partial charge in [-0.1, -0.05) is 64.6 Å². The number of methoxy groups -OCH3 is 2. The first-order valence-corrected chi connectivity index (χ1v) is 13.8. The molecule has 2 amide bonds. The van der Waals surface area contributed by atoms with E-state index in [2.05, 4.69) is 42.4 Å². The Hall–Kier alpha value is -2.65. The highest BCUT2D eigenvalue weighted by Crippen LogP contribution is 2.33. The summed E-state index contributed by atoms with van der Waals surface area (Å²) in [7, 11) is 4.95. The molecular formula is C29H50N4O5. The Morgan fingerprint density at radius 2 is 1.71 bits per heavy atom. The molecule has 3 rings (SSSR count). The van der Waals surface area contributed by atoms with Crippen molar-refractivity contribution in [3.8, 4) is 0 Å². The van der Waals surface area contributed by atoms with Crippen LogP contribution in [0.1, 0.15) is 71.5 Å². The summed E-state index contributed by atoms with van der Waals surface area (Å²) >= 11 is 0. The van der Waals surface area contributed by atoms with Gasteiger partial charge in [-0.2, -0.15) is 0 Å². The van der Waals surface area contributed by atoms with Gasteiger partial charge in [0.1, 0.15) is 12.0 Å². The fourth-order valence-electron chi connectivity index (χ4n) is 4.84. The van der Waals surface area contributed by atoms with Gasteiger partial charge in [-0.05, 0) is 31.6 Å². The van der Waals surface area contributed by atoms with Gasteiger partial charge in [0.2, 0.25) is 11.8 Å². The summed E-state index contributed by atoms with van der Waals surface area (Å²) in [5, 5.41) is 6.94. The molecule has 2 atom stereocenters. The van der Waals surface area contributed by atoms with Crippen molar-refractivity contribution in [1.82, 2.24) is 15.4 Å². The summed E-state index contributed by atoms with van der Waals surface area (Å²) in [6, 6.07) is 1.48. The number of ether oxygens (including phenoxy) is 2. The highest BCUT2D eigenvalue weighted by Gasteiger charge is 2.40. The summed E-state index contributed by atoms with van der Waals surface area (Å²) in [4.78, 5) is 29.5. The van der Waals surface area contributed by atoms with Crippen LogP contribution < -0.4 is 10.2 Å². The van der Waals surface area contributed by atoms with Crippen LogP contribution in [0.3, 0.4) is 0 Å². The number of carbonyl (C=O) groups excluding carboxylic acids is 2. The normalized spacial score (nSPS) is 18.3. The van der Waals surface area contributed by atoms with E-state index in [1.165, 1.54) is 6.42 Å².